The molecule has 0 unspecified atom stereocenters. The molecule has 0 saturated carbocycles. The Kier molecular flexibility index (Phi) is 5.69. The molecule has 1 aromatic carbocycles. The van der Waals surface area contributed by atoms with Crippen molar-refractivity contribution < 1.29 is 4.79 Å². The second-order valence-electron chi connectivity index (χ2n) is 5.47. The lowest BCUT2D eigenvalue weighted by Crippen LogP contribution is -2.33. The summed E-state index contributed by atoms with van der Waals surface area (Å²) in [6, 6.07) is 8.00. The first-order chi connectivity index (χ1) is 8.40. The summed E-state index contributed by atoms with van der Waals surface area (Å²) >= 11 is 1.55. The van der Waals surface area contributed by atoms with Gasteiger partial charge in [0.1, 0.15) is 0 Å². The van der Waals surface area contributed by atoms with E-state index in [9.17, 15) is 4.79 Å². The SMILES string of the molecule is CC(C)(C)CNC(=O)CSc1ccc(CN)cc1. The molecule has 1 rings (SSSR count). The van der Waals surface area contributed by atoms with E-state index in [0.29, 0.717) is 18.8 Å². The van der Waals surface area contributed by atoms with Gasteiger partial charge in [-0.15, -0.1) is 11.8 Å². The van der Waals surface area contributed by atoms with Gasteiger partial charge in [-0.2, -0.15) is 0 Å². The van der Waals surface area contributed by atoms with Crippen molar-refractivity contribution in [1.29, 1.82) is 0 Å². The molecule has 0 aliphatic carbocycles. The highest BCUT2D eigenvalue weighted by atomic mass is 32.2. The van der Waals surface area contributed by atoms with Gasteiger partial charge in [0.25, 0.3) is 0 Å². The minimum atomic E-state index is 0.0813. The minimum absolute atomic E-state index is 0.0813. The average Bonchev–Trinajstić information content (AvgIpc) is 2.33. The molecule has 0 saturated heterocycles. The number of amides is 1. The van der Waals surface area contributed by atoms with Crippen LogP contribution in [0.1, 0.15) is 26.3 Å². The van der Waals surface area contributed by atoms with Crippen LogP contribution < -0.4 is 11.1 Å². The maximum absolute atomic E-state index is 11.6. The molecule has 4 heteroatoms. The van der Waals surface area contributed by atoms with Gasteiger partial charge in [0.15, 0.2) is 0 Å². The number of thioether (sulfide) groups is 1. The normalized spacial score (nSPS) is 11.3. The Morgan fingerprint density at radius 1 is 1.28 bits per heavy atom. The van der Waals surface area contributed by atoms with E-state index in [1.54, 1.807) is 11.8 Å². The van der Waals surface area contributed by atoms with Gasteiger partial charge < -0.3 is 11.1 Å². The van der Waals surface area contributed by atoms with Gasteiger partial charge in [-0.1, -0.05) is 32.9 Å². The smallest absolute Gasteiger partial charge is 0.230 e. The lowest BCUT2D eigenvalue weighted by molar-refractivity contribution is -0.118. The number of rotatable bonds is 5. The van der Waals surface area contributed by atoms with E-state index >= 15 is 0 Å². The third kappa shape index (κ3) is 6.07. The second kappa shape index (κ2) is 6.81. The van der Waals surface area contributed by atoms with E-state index in [0.717, 1.165) is 10.5 Å². The topological polar surface area (TPSA) is 55.1 Å². The van der Waals surface area contributed by atoms with Crippen LogP contribution in [0, 0.1) is 5.41 Å². The first-order valence-corrected chi connectivity index (χ1v) is 7.08. The van der Waals surface area contributed by atoms with Gasteiger partial charge in [0, 0.05) is 18.0 Å². The summed E-state index contributed by atoms with van der Waals surface area (Å²) in [4.78, 5) is 12.7. The summed E-state index contributed by atoms with van der Waals surface area (Å²) in [5.41, 5.74) is 6.77. The number of hydrogen-bond acceptors (Lipinski definition) is 3. The van der Waals surface area contributed by atoms with Gasteiger partial charge in [-0.3, -0.25) is 4.79 Å². The van der Waals surface area contributed by atoms with Crippen molar-refractivity contribution in [3.8, 4) is 0 Å². The number of nitrogens with two attached hydrogens (primary N) is 1. The standard InChI is InChI=1S/C14H22N2OS/c1-14(2,3)10-16-13(17)9-18-12-6-4-11(8-15)5-7-12/h4-7H,8-10,15H2,1-3H3,(H,16,17). The van der Waals surface area contributed by atoms with Crippen molar-refractivity contribution in [2.24, 2.45) is 11.1 Å². The van der Waals surface area contributed by atoms with Crippen LogP contribution in [0.5, 0.6) is 0 Å². The maximum Gasteiger partial charge on any atom is 0.230 e. The number of benzene rings is 1. The third-order valence-corrected chi connectivity index (χ3v) is 3.36. The van der Waals surface area contributed by atoms with Crippen LogP contribution in [-0.4, -0.2) is 18.2 Å². The predicted octanol–water partition coefficient (Wildman–Crippen LogP) is 2.40. The molecule has 0 aromatic heterocycles. The molecule has 0 atom stereocenters. The van der Waals surface area contributed by atoms with E-state index in [1.807, 2.05) is 24.3 Å². The van der Waals surface area contributed by atoms with Crippen LogP contribution in [0.15, 0.2) is 29.2 Å². The molecule has 1 amide bonds. The highest BCUT2D eigenvalue weighted by molar-refractivity contribution is 8.00. The molecule has 0 heterocycles. The lowest BCUT2D eigenvalue weighted by Gasteiger charge is -2.18. The molecule has 0 aliphatic rings. The molecule has 0 aliphatic heterocycles. The fourth-order valence-electron chi connectivity index (χ4n) is 1.29. The molecule has 0 fully saturated rings. The number of carbonyl (C=O) groups is 1. The van der Waals surface area contributed by atoms with Crippen LogP contribution in [0.4, 0.5) is 0 Å². The van der Waals surface area contributed by atoms with E-state index < -0.39 is 0 Å². The van der Waals surface area contributed by atoms with Crippen molar-refractivity contribution in [1.82, 2.24) is 5.32 Å². The minimum Gasteiger partial charge on any atom is -0.355 e. The van der Waals surface area contributed by atoms with Crippen molar-refractivity contribution in [3.05, 3.63) is 29.8 Å². The van der Waals surface area contributed by atoms with Crippen molar-refractivity contribution in [2.45, 2.75) is 32.2 Å². The van der Waals surface area contributed by atoms with Gasteiger partial charge in [-0.25, -0.2) is 0 Å². The summed E-state index contributed by atoms with van der Waals surface area (Å²) in [6.45, 7) is 7.57. The zero-order chi connectivity index (χ0) is 13.6. The molecule has 0 radical (unpaired) electrons. The monoisotopic (exact) mass is 266 g/mol. The zero-order valence-corrected chi connectivity index (χ0v) is 12.1. The summed E-state index contributed by atoms with van der Waals surface area (Å²) < 4.78 is 0. The highest BCUT2D eigenvalue weighted by Crippen LogP contribution is 2.18. The lowest BCUT2D eigenvalue weighted by atomic mass is 9.97. The highest BCUT2D eigenvalue weighted by Gasteiger charge is 2.11. The van der Waals surface area contributed by atoms with E-state index in [1.165, 1.54) is 0 Å². The Morgan fingerprint density at radius 2 is 1.89 bits per heavy atom. The van der Waals surface area contributed by atoms with Gasteiger partial charge in [0.05, 0.1) is 5.75 Å². The molecule has 0 spiro atoms. The van der Waals surface area contributed by atoms with Crippen molar-refractivity contribution in [3.63, 3.8) is 0 Å². The fraction of sp³-hybridized carbons (Fsp3) is 0.500. The van der Waals surface area contributed by atoms with Crippen LogP contribution in [0.25, 0.3) is 0 Å². The largest absolute Gasteiger partial charge is 0.355 e. The van der Waals surface area contributed by atoms with Gasteiger partial charge >= 0.3 is 0 Å². The van der Waals surface area contributed by atoms with Crippen molar-refractivity contribution in [2.75, 3.05) is 12.3 Å². The van der Waals surface area contributed by atoms with Crippen LogP contribution >= 0.6 is 11.8 Å². The maximum atomic E-state index is 11.6. The summed E-state index contributed by atoms with van der Waals surface area (Å²) in [5.74, 6) is 0.538. The van der Waals surface area contributed by atoms with Crippen LogP contribution in [0.2, 0.25) is 0 Å². The fourth-order valence-corrected chi connectivity index (χ4v) is 2.01. The molecule has 18 heavy (non-hydrogen) atoms. The summed E-state index contributed by atoms with van der Waals surface area (Å²) in [5, 5.41) is 2.94. The average molecular weight is 266 g/mol. The summed E-state index contributed by atoms with van der Waals surface area (Å²) in [7, 11) is 0. The molecule has 0 bridgehead atoms. The van der Waals surface area contributed by atoms with Crippen molar-refractivity contribution >= 4 is 17.7 Å². The first-order valence-electron chi connectivity index (χ1n) is 6.09. The second-order valence-corrected chi connectivity index (χ2v) is 6.52. The Balaban J connectivity index is 2.33. The van der Waals surface area contributed by atoms with Crippen LogP contribution in [0.3, 0.4) is 0 Å². The Bertz CT molecular complexity index is 382. The van der Waals surface area contributed by atoms with E-state index in [4.69, 9.17) is 5.73 Å². The molecular formula is C14H22N2OS. The predicted molar refractivity (Wildman–Crippen MR) is 77.5 cm³/mol. The Labute approximate surface area is 114 Å². The number of nitrogens with one attached hydrogen (secondary N) is 1. The Hall–Kier alpha value is -1.00. The first kappa shape index (κ1) is 15.1. The van der Waals surface area contributed by atoms with E-state index in [-0.39, 0.29) is 11.3 Å². The number of carbonyl (C=O) groups excluding carboxylic acids is 1. The Morgan fingerprint density at radius 3 is 2.39 bits per heavy atom. The van der Waals surface area contributed by atoms with E-state index in [2.05, 4.69) is 26.1 Å². The molecule has 100 valence electrons. The zero-order valence-electron chi connectivity index (χ0n) is 11.3. The molecule has 3 nitrogen and oxygen atoms in total. The van der Waals surface area contributed by atoms with Gasteiger partial charge in [0.2, 0.25) is 5.91 Å². The molecule has 3 N–H and O–H groups in total. The van der Waals surface area contributed by atoms with Gasteiger partial charge in [-0.05, 0) is 23.1 Å². The quantitative estimate of drug-likeness (QED) is 0.805. The third-order valence-electron chi connectivity index (χ3n) is 2.34. The number of hydrogen-bond donors (Lipinski definition) is 2. The molecule has 1 aromatic rings. The summed E-state index contributed by atoms with van der Waals surface area (Å²) in [6.07, 6.45) is 0. The molecular weight excluding hydrogens is 244 g/mol. The van der Waals surface area contributed by atoms with Crippen LogP contribution in [-0.2, 0) is 11.3 Å².